The summed E-state index contributed by atoms with van der Waals surface area (Å²) < 4.78 is 0. The zero-order valence-corrected chi connectivity index (χ0v) is 17.7. The average molecular weight is 426 g/mol. The molecule has 2 fully saturated rings. The number of likely N-dealkylation sites (tertiary alicyclic amines) is 1. The molecular weight excluding hydrogens is 401 g/mol. The van der Waals surface area contributed by atoms with E-state index in [1.807, 2.05) is 0 Å². The Morgan fingerprint density at radius 1 is 1.04 bits per heavy atom. The van der Waals surface area contributed by atoms with Gasteiger partial charge in [0.05, 0.1) is 5.92 Å². The number of carbonyl (C=O) groups is 3. The highest BCUT2D eigenvalue weighted by Gasteiger charge is 2.37. The maximum atomic E-state index is 12.8. The van der Waals surface area contributed by atoms with Gasteiger partial charge in [-0.3, -0.25) is 14.4 Å². The van der Waals surface area contributed by atoms with Crippen LogP contribution in [0.4, 0.5) is 0 Å². The van der Waals surface area contributed by atoms with E-state index in [0.29, 0.717) is 60.8 Å². The summed E-state index contributed by atoms with van der Waals surface area (Å²) in [6.45, 7) is 7.14. The zero-order valence-electron chi connectivity index (χ0n) is 16.2. The zero-order chi connectivity index (χ0) is 20.4. The summed E-state index contributed by atoms with van der Waals surface area (Å²) in [5.41, 5.74) is 0.447. The first-order valence-electron chi connectivity index (χ1n) is 9.56. The monoisotopic (exact) mass is 425 g/mol. The van der Waals surface area contributed by atoms with Crippen molar-refractivity contribution in [2.75, 3.05) is 39.3 Å². The number of piperazine rings is 1. The van der Waals surface area contributed by atoms with Gasteiger partial charge in [0.1, 0.15) is 0 Å². The molecule has 0 bridgehead atoms. The van der Waals surface area contributed by atoms with Crippen molar-refractivity contribution in [1.29, 1.82) is 0 Å². The molecule has 3 amide bonds. The third-order valence-electron chi connectivity index (χ3n) is 5.14. The standard InChI is InChI=1S/C20H25Cl2N3O3/c1-13(2)11-25-12-15(9-18(25)26)20(28)24-5-3-23(4-6-24)19(27)14-7-16(21)10-17(22)8-14/h7-8,10,13,15H,3-6,9,11-12H2,1-2H3. The summed E-state index contributed by atoms with van der Waals surface area (Å²) in [5, 5.41) is 0.836. The minimum Gasteiger partial charge on any atom is -0.342 e. The Kier molecular flexibility index (Phi) is 6.50. The van der Waals surface area contributed by atoms with Gasteiger partial charge in [0.2, 0.25) is 11.8 Å². The van der Waals surface area contributed by atoms with Gasteiger partial charge < -0.3 is 14.7 Å². The average Bonchev–Trinajstić information content (AvgIpc) is 2.99. The number of nitrogens with zero attached hydrogens (tertiary/aromatic N) is 3. The fourth-order valence-corrected chi connectivity index (χ4v) is 4.33. The molecule has 8 heteroatoms. The van der Waals surface area contributed by atoms with Crippen molar-refractivity contribution in [2.45, 2.75) is 20.3 Å². The summed E-state index contributed by atoms with van der Waals surface area (Å²) in [7, 11) is 0. The largest absolute Gasteiger partial charge is 0.342 e. The molecule has 0 aliphatic carbocycles. The third kappa shape index (κ3) is 4.78. The molecule has 2 heterocycles. The Bertz CT molecular complexity index is 756. The number of rotatable bonds is 4. The van der Waals surface area contributed by atoms with E-state index in [4.69, 9.17) is 23.2 Å². The van der Waals surface area contributed by atoms with Crippen LogP contribution in [0.15, 0.2) is 18.2 Å². The van der Waals surface area contributed by atoms with E-state index in [9.17, 15) is 14.4 Å². The summed E-state index contributed by atoms with van der Waals surface area (Å²) in [5.74, 6) is 0.0273. The highest BCUT2D eigenvalue weighted by Crippen LogP contribution is 2.23. The molecule has 1 atom stereocenters. The van der Waals surface area contributed by atoms with Crippen molar-refractivity contribution in [3.63, 3.8) is 0 Å². The summed E-state index contributed by atoms with van der Waals surface area (Å²) in [6.07, 6.45) is 0.283. The minimum atomic E-state index is -0.278. The van der Waals surface area contributed by atoms with Gasteiger partial charge in [-0.15, -0.1) is 0 Å². The molecule has 2 aliphatic heterocycles. The third-order valence-corrected chi connectivity index (χ3v) is 5.57. The first-order chi connectivity index (χ1) is 13.2. The molecule has 1 aromatic carbocycles. The van der Waals surface area contributed by atoms with Gasteiger partial charge in [-0.25, -0.2) is 0 Å². The molecule has 0 radical (unpaired) electrons. The van der Waals surface area contributed by atoms with Crippen molar-refractivity contribution in [1.82, 2.24) is 14.7 Å². The Labute approximate surface area is 175 Å². The van der Waals surface area contributed by atoms with Gasteiger partial charge in [-0.2, -0.15) is 0 Å². The van der Waals surface area contributed by atoms with E-state index < -0.39 is 0 Å². The van der Waals surface area contributed by atoms with Crippen LogP contribution >= 0.6 is 23.2 Å². The van der Waals surface area contributed by atoms with E-state index in [1.54, 1.807) is 32.9 Å². The summed E-state index contributed by atoms with van der Waals surface area (Å²) in [4.78, 5) is 42.9. The summed E-state index contributed by atoms with van der Waals surface area (Å²) in [6, 6.07) is 4.78. The van der Waals surface area contributed by atoms with Crippen LogP contribution in [0.3, 0.4) is 0 Å². The van der Waals surface area contributed by atoms with Crippen LogP contribution in [0.25, 0.3) is 0 Å². The minimum absolute atomic E-state index is 0.0116. The van der Waals surface area contributed by atoms with Crippen LogP contribution in [0.1, 0.15) is 30.6 Å². The van der Waals surface area contributed by atoms with Crippen LogP contribution in [0.2, 0.25) is 10.0 Å². The number of halogens is 2. The molecule has 152 valence electrons. The molecular formula is C20H25Cl2N3O3. The second kappa shape index (κ2) is 8.70. The molecule has 2 saturated heterocycles. The van der Waals surface area contributed by atoms with Gasteiger partial charge in [0.15, 0.2) is 0 Å². The van der Waals surface area contributed by atoms with Crippen molar-refractivity contribution >= 4 is 40.9 Å². The molecule has 1 aromatic rings. The first kappa shape index (κ1) is 20.9. The molecule has 3 rings (SSSR count). The fraction of sp³-hybridized carbons (Fsp3) is 0.550. The Hall–Kier alpha value is -1.79. The van der Waals surface area contributed by atoms with Crippen molar-refractivity contribution < 1.29 is 14.4 Å². The molecule has 2 aliphatic rings. The highest BCUT2D eigenvalue weighted by molar-refractivity contribution is 6.35. The van der Waals surface area contributed by atoms with Gasteiger partial charge in [-0.05, 0) is 24.1 Å². The number of carbonyl (C=O) groups excluding carboxylic acids is 3. The van der Waals surface area contributed by atoms with E-state index in [2.05, 4.69) is 13.8 Å². The molecule has 0 spiro atoms. The second-order valence-corrected chi connectivity index (χ2v) is 8.74. The van der Waals surface area contributed by atoms with Crippen LogP contribution in [-0.4, -0.2) is 71.7 Å². The molecule has 1 unspecified atom stereocenters. The van der Waals surface area contributed by atoms with Crippen LogP contribution in [-0.2, 0) is 9.59 Å². The van der Waals surface area contributed by atoms with Crippen LogP contribution < -0.4 is 0 Å². The van der Waals surface area contributed by atoms with Gasteiger partial charge in [0, 0.05) is 61.3 Å². The molecule has 0 aromatic heterocycles. The lowest BCUT2D eigenvalue weighted by Crippen LogP contribution is -2.52. The maximum absolute atomic E-state index is 12.8. The Balaban J connectivity index is 1.56. The highest BCUT2D eigenvalue weighted by atomic mass is 35.5. The van der Waals surface area contributed by atoms with Crippen molar-refractivity contribution in [3.8, 4) is 0 Å². The van der Waals surface area contributed by atoms with Crippen LogP contribution in [0.5, 0.6) is 0 Å². The normalized spacial score (nSPS) is 20.2. The molecule has 0 saturated carbocycles. The summed E-state index contributed by atoms with van der Waals surface area (Å²) >= 11 is 12.0. The predicted octanol–water partition coefficient (Wildman–Crippen LogP) is 2.78. The van der Waals surface area contributed by atoms with Gasteiger partial charge in [0.25, 0.3) is 5.91 Å². The van der Waals surface area contributed by atoms with Gasteiger partial charge in [-0.1, -0.05) is 37.0 Å². The number of hydrogen-bond donors (Lipinski definition) is 0. The predicted molar refractivity (Wildman–Crippen MR) is 108 cm³/mol. The Morgan fingerprint density at radius 3 is 2.18 bits per heavy atom. The van der Waals surface area contributed by atoms with E-state index >= 15 is 0 Å². The fourth-order valence-electron chi connectivity index (χ4n) is 3.80. The lowest BCUT2D eigenvalue weighted by molar-refractivity contribution is -0.137. The van der Waals surface area contributed by atoms with Crippen molar-refractivity contribution in [3.05, 3.63) is 33.8 Å². The van der Waals surface area contributed by atoms with Crippen molar-refractivity contribution in [2.24, 2.45) is 11.8 Å². The Morgan fingerprint density at radius 2 is 1.61 bits per heavy atom. The second-order valence-electron chi connectivity index (χ2n) is 7.87. The van der Waals surface area contributed by atoms with Crippen LogP contribution in [0, 0.1) is 11.8 Å². The molecule has 6 nitrogen and oxygen atoms in total. The quantitative estimate of drug-likeness (QED) is 0.744. The van der Waals surface area contributed by atoms with Gasteiger partial charge >= 0.3 is 0 Å². The van der Waals surface area contributed by atoms with E-state index in [1.165, 1.54) is 0 Å². The number of benzene rings is 1. The van der Waals surface area contributed by atoms with E-state index in [-0.39, 0.29) is 30.1 Å². The lowest BCUT2D eigenvalue weighted by atomic mass is 10.1. The smallest absolute Gasteiger partial charge is 0.254 e. The topological polar surface area (TPSA) is 60.9 Å². The number of amides is 3. The lowest BCUT2D eigenvalue weighted by Gasteiger charge is -2.36. The molecule has 28 heavy (non-hydrogen) atoms. The SMILES string of the molecule is CC(C)CN1CC(C(=O)N2CCN(C(=O)c3cc(Cl)cc(Cl)c3)CC2)CC1=O. The first-order valence-corrected chi connectivity index (χ1v) is 10.3. The van der Waals surface area contributed by atoms with E-state index in [0.717, 1.165) is 0 Å². The molecule has 0 N–H and O–H groups in total. The number of hydrogen-bond acceptors (Lipinski definition) is 3. The maximum Gasteiger partial charge on any atom is 0.254 e.